The zero-order valence-corrected chi connectivity index (χ0v) is 19.8. The molecular weight excluding hydrogens is 485 g/mol. The highest BCUT2D eigenvalue weighted by Gasteiger charge is 2.34. The molecular formula is C23H23F3N4O4S. The van der Waals surface area contributed by atoms with Crippen LogP contribution in [0.5, 0.6) is 0 Å². The van der Waals surface area contributed by atoms with Gasteiger partial charge in [0.05, 0.1) is 0 Å². The van der Waals surface area contributed by atoms with Gasteiger partial charge in [-0.1, -0.05) is 32.0 Å². The fourth-order valence-corrected chi connectivity index (χ4v) is 3.86. The van der Waals surface area contributed by atoms with E-state index in [4.69, 9.17) is 4.42 Å². The Bertz CT molecular complexity index is 1220. The van der Waals surface area contributed by atoms with Crippen LogP contribution in [-0.2, 0) is 17.5 Å². The minimum absolute atomic E-state index is 0.0255. The molecule has 0 spiro atoms. The van der Waals surface area contributed by atoms with Crippen molar-refractivity contribution in [1.29, 1.82) is 0 Å². The smallest absolute Gasteiger partial charge is 0.434 e. The standard InChI is InChI=1S/C23H23F3N4O4S/c1-12(2)18(20(32)27-3)30-19(31)16-8-7-15(34-16)14-6-4-5-13(9-14)10-28-21(33)22-29-17(11-35-22)23(24,25)26/h4-9,11-12,18H,10H2,1-3H3,(H,27,32)(H,28,33)(H,30,31)/t18-/m0/s1. The minimum Gasteiger partial charge on any atom is -0.451 e. The van der Waals surface area contributed by atoms with Crippen molar-refractivity contribution >= 4 is 29.1 Å². The minimum atomic E-state index is -4.61. The summed E-state index contributed by atoms with van der Waals surface area (Å²) >= 11 is 0.613. The van der Waals surface area contributed by atoms with Crippen LogP contribution in [0, 0.1) is 5.92 Å². The van der Waals surface area contributed by atoms with Gasteiger partial charge in [-0.25, -0.2) is 4.98 Å². The van der Waals surface area contributed by atoms with Gasteiger partial charge in [-0.15, -0.1) is 11.3 Å². The van der Waals surface area contributed by atoms with Crippen molar-refractivity contribution in [3.63, 3.8) is 0 Å². The van der Waals surface area contributed by atoms with Gasteiger partial charge in [0.1, 0.15) is 11.8 Å². The molecule has 3 N–H and O–H groups in total. The van der Waals surface area contributed by atoms with Crippen LogP contribution in [0.2, 0.25) is 0 Å². The predicted molar refractivity (Wildman–Crippen MR) is 123 cm³/mol. The van der Waals surface area contributed by atoms with Gasteiger partial charge < -0.3 is 20.4 Å². The number of carbonyl (C=O) groups is 3. The summed E-state index contributed by atoms with van der Waals surface area (Å²) in [5.74, 6) is -1.30. The third-order valence-electron chi connectivity index (χ3n) is 4.97. The van der Waals surface area contributed by atoms with Gasteiger partial charge >= 0.3 is 6.18 Å². The van der Waals surface area contributed by atoms with Crippen molar-refractivity contribution in [2.45, 2.75) is 32.6 Å². The number of alkyl halides is 3. The molecule has 1 aromatic carbocycles. The molecule has 186 valence electrons. The number of benzene rings is 1. The zero-order valence-electron chi connectivity index (χ0n) is 19.0. The van der Waals surface area contributed by atoms with E-state index in [0.29, 0.717) is 28.2 Å². The van der Waals surface area contributed by atoms with Crippen molar-refractivity contribution in [2.24, 2.45) is 5.92 Å². The molecule has 3 aromatic rings. The van der Waals surface area contributed by atoms with Crippen LogP contribution in [-0.4, -0.2) is 35.8 Å². The van der Waals surface area contributed by atoms with Gasteiger partial charge in [0, 0.05) is 24.5 Å². The fraction of sp³-hybridized carbons (Fsp3) is 0.304. The van der Waals surface area contributed by atoms with E-state index in [1.54, 1.807) is 30.3 Å². The lowest BCUT2D eigenvalue weighted by Gasteiger charge is -2.19. The number of hydrogen-bond donors (Lipinski definition) is 3. The summed E-state index contributed by atoms with van der Waals surface area (Å²) in [6.07, 6.45) is -4.61. The Balaban J connectivity index is 1.66. The molecule has 0 fully saturated rings. The number of furan rings is 1. The van der Waals surface area contributed by atoms with Crippen molar-refractivity contribution in [3.8, 4) is 11.3 Å². The highest BCUT2D eigenvalue weighted by atomic mass is 32.1. The molecule has 12 heteroatoms. The first-order valence-electron chi connectivity index (χ1n) is 10.5. The summed E-state index contributed by atoms with van der Waals surface area (Å²) in [5, 5.41) is 8.21. The molecule has 0 saturated carbocycles. The summed E-state index contributed by atoms with van der Waals surface area (Å²) in [7, 11) is 1.49. The lowest BCUT2D eigenvalue weighted by molar-refractivity contribution is -0.140. The average Bonchev–Trinajstić information content (AvgIpc) is 3.51. The molecule has 0 unspecified atom stereocenters. The second-order valence-electron chi connectivity index (χ2n) is 7.89. The summed E-state index contributed by atoms with van der Waals surface area (Å²) in [6.45, 7) is 3.66. The third-order valence-corrected chi connectivity index (χ3v) is 5.81. The summed E-state index contributed by atoms with van der Waals surface area (Å²) in [4.78, 5) is 40.1. The van der Waals surface area contributed by atoms with Gasteiger partial charge in [-0.3, -0.25) is 14.4 Å². The normalized spacial score (nSPS) is 12.3. The molecule has 35 heavy (non-hydrogen) atoms. The second-order valence-corrected chi connectivity index (χ2v) is 8.75. The number of nitrogens with zero attached hydrogens (tertiary/aromatic N) is 1. The number of amides is 3. The Hall–Kier alpha value is -3.67. The molecule has 3 amide bonds. The van der Waals surface area contributed by atoms with Crippen molar-refractivity contribution in [1.82, 2.24) is 20.9 Å². The Morgan fingerprint density at radius 2 is 1.86 bits per heavy atom. The Morgan fingerprint density at radius 1 is 1.11 bits per heavy atom. The van der Waals surface area contributed by atoms with E-state index in [1.165, 1.54) is 13.1 Å². The summed E-state index contributed by atoms with van der Waals surface area (Å²) in [6, 6.07) is 9.25. The van der Waals surface area contributed by atoms with Gasteiger partial charge in [-0.05, 0) is 29.7 Å². The number of aromatic nitrogens is 1. The molecule has 1 atom stereocenters. The summed E-state index contributed by atoms with van der Waals surface area (Å²) < 4.78 is 43.7. The monoisotopic (exact) mass is 508 g/mol. The third kappa shape index (κ3) is 6.47. The number of nitrogens with one attached hydrogen (secondary N) is 3. The molecule has 0 bridgehead atoms. The highest BCUT2D eigenvalue weighted by Crippen LogP contribution is 2.30. The molecule has 0 saturated heterocycles. The van der Waals surface area contributed by atoms with Crippen LogP contribution in [0.1, 0.15) is 45.5 Å². The maximum absolute atomic E-state index is 12.7. The van der Waals surface area contributed by atoms with Gasteiger partial charge in [0.25, 0.3) is 11.8 Å². The van der Waals surface area contributed by atoms with Gasteiger partial charge in [-0.2, -0.15) is 13.2 Å². The molecule has 2 aromatic heterocycles. The van der Waals surface area contributed by atoms with E-state index < -0.39 is 29.7 Å². The van der Waals surface area contributed by atoms with Crippen molar-refractivity contribution < 1.29 is 32.0 Å². The first-order chi connectivity index (χ1) is 16.5. The lowest BCUT2D eigenvalue weighted by atomic mass is 10.0. The summed E-state index contributed by atoms with van der Waals surface area (Å²) in [5.41, 5.74) is 0.170. The van der Waals surface area contributed by atoms with Crippen molar-refractivity contribution in [2.75, 3.05) is 7.05 Å². The Labute approximate surface area is 202 Å². The van der Waals surface area contributed by atoms with E-state index in [1.807, 2.05) is 13.8 Å². The van der Waals surface area contributed by atoms with Crippen LogP contribution >= 0.6 is 11.3 Å². The molecule has 0 aliphatic carbocycles. The first-order valence-corrected chi connectivity index (χ1v) is 11.4. The largest absolute Gasteiger partial charge is 0.451 e. The molecule has 0 aliphatic heterocycles. The first kappa shape index (κ1) is 25.9. The van der Waals surface area contributed by atoms with Crippen LogP contribution in [0.4, 0.5) is 13.2 Å². The van der Waals surface area contributed by atoms with E-state index in [2.05, 4.69) is 20.9 Å². The highest BCUT2D eigenvalue weighted by molar-refractivity contribution is 7.11. The number of hydrogen-bond acceptors (Lipinski definition) is 6. The van der Waals surface area contributed by atoms with Crippen LogP contribution < -0.4 is 16.0 Å². The zero-order chi connectivity index (χ0) is 25.8. The topological polar surface area (TPSA) is 113 Å². The van der Waals surface area contributed by atoms with E-state index in [0.717, 1.165) is 5.38 Å². The number of halogens is 3. The predicted octanol–water partition coefficient (Wildman–Crippen LogP) is 3.85. The van der Waals surface area contributed by atoms with Crippen molar-refractivity contribution in [3.05, 3.63) is 63.8 Å². The van der Waals surface area contributed by atoms with Crippen LogP contribution in [0.25, 0.3) is 11.3 Å². The fourth-order valence-electron chi connectivity index (χ4n) is 3.12. The quantitative estimate of drug-likeness (QED) is 0.428. The average molecular weight is 509 g/mol. The molecule has 2 heterocycles. The maximum atomic E-state index is 12.7. The Morgan fingerprint density at radius 3 is 2.49 bits per heavy atom. The molecule has 0 radical (unpaired) electrons. The Kier molecular flexibility index (Phi) is 7.95. The van der Waals surface area contributed by atoms with E-state index >= 15 is 0 Å². The van der Waals surface area contributed by atoms with Gasteiger partial charge in [0.15, 0.2) is 16.5 Å². The number of likely N-dealkylation sites (N-methyl/N-ethyl adjacent to an activating group) is 1. The SMILES string of the molecule is CNC(=O)[C@@H](NC(=O)c1ccc(-c2cccc(CNC(=O)c3nc(C(F)(F)F)cs3)c2)o1)C(C)C. The molecule has 3 rings (SSSR count). The molecule has 0 aliphatic rings. The number of rotatable bonds is 8. The number of thiazole rings is 1. The second kappa shape index (κ2) is 10.7. The lowest BCUT2D eigenvalue weighted by Crippen LogP contribution is -2.48. The number of carbonyl (C=O) groups excluding carboxylic acids is 3. The van der Waals surface area contributed by atoms with Crippen LogP contribution in [0.15, 0.2) is 46.2 Å². The maximum Gasteiger partial charge on any atom is 0.434 e. The van der Waals surface area contributed by atoms with Crippen LogP contribution in [0.3, 0.4) is 0 Å². The molecule has 8 nitrogen and oxygen atoms in total. The van der Waals surface area contributed by atoms with E-state index in [9.17, 15) is 27.6 Å². The van der Waals surface area contributed by atoms with E-state index in [-0.39, 0.29) is 29.1 Å². The van der Waals surface area contributed by atoms with Gasteiger partial charge in [0.2, 0.25) is 5.91 Å².